The molecule has 3 heterocycles. The molecule has 0 radical (unpaired) electrons. The van der Waals surface area contributed by atoms with Crippen LogP contribution in [-0.2, 0) is 0 Å². The highest BCUT2D eigenvalue weighted by molar-refractivity contribution is 7.18. The van der Waals surface area contributed by atoms with Crippen molar-refractivity contribution in [3.8, 4) is 11.5 Å². The SMILES string of the molecule is CC(c1nnc(-c2ccccc2)o1)N1CCCC1c1nc2ccccc2s1. The van der Waals surface area contributed by atoms with Crippen LogP contribution in [0.4, 0.5) is 0 Å². The Morgan fingerprint density at radius 1 is 1.07 bits per heavy atom. The second kappa shape index (κ2) is 6.87. The average molecular weight is 376 g/mol. The van der Waals surface area contributed by atoms with Crippen molar-refractivity contribution in [2.24, 2.45) is 0 Å². The Morgan fingerprint density at radius 2 is 1.89 bits per heavy atom. The number of rotatable bonds is 4. The Balaban J connectivity index is 1.42. The highest BCUT2D eigenvalue weighted by Crippen LogP contribution is 2.41. The van der Waals surface area contributed by atoms with Gasteiger partial charge in [-0.2, -0.15) is 0 Å². The Kier molecular flexibility index (Phi) is 4.22. The van der Waals surface area contributed by atoms with Crippen molar-refractivity contribution in [1.82, 2.24) is 20.1 Å². The molecule has 1 saturated heterocycles. The molecule has 136 valence electrons. The van der Waals surface area contributed by atoms with E-state index in [-0.39, 0.29) is 6.04 Å². The molecule has 4 aromatic rings. The Bertz CT molecular complexity index is 1030. The molecule has 2 aromatic carbocycles. The van der Waals surface area contributed by atoms with Gasteiger partial charge in [-0.1, -0.05) is 30.3 Å². The van der Waals surface area contributed by atoms with E-state index in [2.05, 4.69) is 40.2 Å². The van der Waals surface area contributed by atoms with Gasteiger partial charge in [-0.3, -0.25) is 4.90 Å². The summed E-state index contributed by atoms with van der Waals surface area (Å²) in [6, 6.07) is 18.6. The van der Waals surface area contributed by atoms with Crippen LogP contribution in [-0.4, -0.2) is 26.6 Å². The van der Waals surface area contributed by atoms with Crippen LogP contribution in [0, 0.1) is 0 Å². The van der Waals surface area contributed by atoms with Gasteiger partial charge < -0.3 is 4.42 Å². The lowest BCUT2D eigenvalue weighted by molar-refractivity contribution is 0.168. The second-order valence-electron chi connectivity index (χ2n) is 6.90. The van der Waals surface area contributed by atoms with E-state index in [9.17, 15) is 0 Å². The van der Waals surface area contributed by atoms with Gasteiger partial charge in [-0.05, 0) is 50.6 Å². The van der Waals surface area contributed by atoms with Gasteiger partial charge >= 0.3 is 0 Å². The molecule has 1 aliphatic rings. The fourth-order valence-electron chi connectivity index (χ4n) is 3.79. The monoisotopic (exact) mass is 376 g/mol. The molecule has 2 aromatic heterocycles. The van der Waals surface area contributed by atoms with Gasteiger partial charge in [0.15, 0.2) is 0 Å². The Morgan fingerprint density at radius 3 is 2.74 bits per heavy atom. The fraction of sp³-hybridized carbons (Fsp3) is 0.286. The molecule has 0 N–H and O–H groups in total. The van der Waals surface area contributed by atoms with Gasteiger partial charge in [-0.15, -0.1) is 21.5 Å². The molecule has 0 saturated carbocycles. The summed E-state index contributed by atoms with van der Waals surface area (Å²) in [5.41, 5.74) is 2.04. The first-order valence-electron chi connectivity index (χ1n) is 9.29. The van der Waals surface area contributed by atoms with E-state index in [4.69, 9.17) is 9.40 Å². The van der Waals surface area contributed by atoms with Gasteiger partial charge in [0.2, 0.25) is 11.8 Å². The van der Waals surface area contributed by atoms with Gasteiger partial charge in [0.1, 0.15) is 5.01 Å². The van der Waals surface area contributed by atoms with Gasteiger partial charge in [-0.25, -0.2) is 4.98 Å². The maximum Gasteiger partial charge on any atom is 0.247 e. The van der Waals surface area contributed by atoms with E-state index in [0.29, 0.717) is 17.8 Å². The molecule has 2 atom stereocenters. The number of hydrogen-bond donors (Lipinski definition) is 0. The highest BCUT2D eigenvalue weighted by Gasteiger charge is 2.34. The van der Waals surface area contributed by atoms with Crippen molar-refractivity contribution >= 4 is 21.6 Å². The number of thiazole rings is 1. The maximum absolute atomic E-state index is 6.01. The second-order valence-corrected chi connectivity index (χ2v) is 7.97. The van der Waals surface area contributed by atoms with Crippen molar-refractivity contribution in [2.75, 3.05) is 6.54 Å². The topological polar surface area (TPSA) is 55.1 Å². The zero-order valence-corrected chi connectivity index (χ0v) is 15.9. The molecule has 5 rings (SSSR count). The predicted molar refractivity (Wildman–Crippen MR) is 106 cm³/mol. The van der Waals surface area contributed by atoms with Crippen LogP contribution in [0.3, 0.4) is 0 Å². The molecular formula is C21H20N4OS. The fourth-order valence-corrected chi connectivity index (χ4v) is 4.92. The van der Waals surface area contributed by atoms with Crippen LogP contribution in [0.5, 0.6) is 0 Å². The number of para-hydroxylation sites is 1. The molecule has 2 unspecified atom stereocenters. The van der Waals surface area contributed by atoms with Gasteiger partial charge in [0, 0.05) is 5.56 Å². The van der Waals surface area contributed by atoms with E-state index in [1.54, 1.807) is 11.3 Å². The van der Waals surface area contributed by atoms with E-state index < -0.39 is 0 Å². The zero-order valence-electron chi connectivity index (χ0n) is 15.1. The van der Waals surface area contributed by atoms with Crippen molar-refractivity contribution in [2.45, 2.75) is 31.8 Å². The number of aromatic nitrogens is 3. The van der Waals surface area contributed by atoms with Crippen molar-refractivity contribution in [3.05, 3.63) is 65.5 Å². The molecule has 1 fully saturated rings. The van der Waals surface area contributed by atoms with Gasteiger partial charge in [0.05, 0.1) is 22.3 Å². The lowest BCUT2D eigenvalue weighted by Crippen LogP contribution is -2.26. The summed E-state index contributed by atoms with van der Waals surface area (Å²) in [5, 5.41) is 9.77. The number of nitrogens with zero attached hydrogens (tertiary/aromatic N) is 4. The molecule has 0 bridgehead atoms. The molecule has 27 heavy (non-hydrogen) atoms. The molecule has 6 heteroatoms. The van der Waals surface area contributed by atoms with Crippen molar-refractivity contribution < 1.29 is 4.42 Å². The average Bonchev–Trinajstić information content (AvgIpc) is 3.46. The van der Waals surface area contributed by atoms with Crippen LogP contribution in [0.2, 0.25) is 0 Å². The van der Waals surface area contributed by atoms with E-state index in [1.807, 2.05) is 36.4 Å². The first kappa shape index (κ1) is 16.6. The van der Waals surface area contributed by atoms with E-state index in [0.717, 1.165) is 30.5 Å². The minimum atomic E-state index is 0.0643. The minimum Gasteiger partial charge on any atom is -0.419 e. The third-order valence-corrected chi connectivity index (χ3v) is 6.34. The minimum absolute atomic E-state index is 0.0643. The summed E-state index contributed by atoms with van der Waals surface area (Å²) in [6.45, 7) is 3.17. The normalized spacial score (nSPS) is 18.9. The van der Waals surface area contributed by atoms with Crippen LogP contribution in [0.15, 0.2) is 59.0 Å². The summed E-state index contributed by atoms with van der Waals surface area (Å²) in [7, 11) is 0. The van der Waals surface area contributed by atoms with Crippen LogP contribution in [0.25, 0.3) is 21.7 Å². The number of hydrogen-bond acceptors (Lipinski definition) is 6. The molecule has 0 aliphatic carbocycles. The standard InChI is InChI=1S/C21H20N4OS/c1-14(19-23-24-20(26-19)15-8-3-2-4-9-15)25-13-7-11-17(25)21-22-16-10-5-6-12-18(16)27-21/h2-6,8-10,12,14,17H,7,11,13H2,1H3. The molecule has 1 aliphatic heterocycles. The van der Waals surface area contributed by atoms with Gasteiger partial charge in [0.25, 0.3) is 0 Å². The van der Waals surface area contributed by atoms with Crippen LogP contribution in [0.1, 0.15) is 42.7 Å². The smallest absolute Gasteiger partial charge is 0.247 e. The number of likely N-dealkylation sites (tertiary alicyclic amines) is 1. The first-order valence-corrected chi connectivity index (χ1v) is 10.1. The van der Waals surface area contributed by atoms with Crippen LogP contribution >= 0.6 is 11.3 Å². The zero-order chi connectivity index (χ0) is 18.2. The molecule has 0 spiro atoms. The molecular weight excluding hydrogens is 356 g/mol. The maximum atomic E-state index is 6.01. The largest absolute Gasteiger partial charge is 0.419 e. The predicted octanol–water partition coefficient (Wildman–Crippen LogP) is 5.24. The Labute approximate surface area is 161 Å². The van der Waals surface area contributed by atoms with Crippen molar-refractivity contribution in [1.29, 1.82) is 0 Å². The lowest BCUT2D eigenvalue weighted by atomic mass is 10.2. The number of fused-ring (bicyclic) bond motifs is 1. The molecule has 5 nitrogen and oxygen atoms in total. The van der Waals surface area contributed by atoms with E-state index >= 15 is 0 Å². The summed E-state index contributed by atoms with van der Waals surface area (Å²) in [6.07, 6.45) is 2.27. The third kappa shape index (κ3) is 3.05. The van der Waals surface area contributed by atoms with Crippen molar-refractivity contribution in [3.63, 3.8) is 0 Å². The summed E-state index contributed by atoms with van der Waals surface area (Å²) in [5.74, 6) is 1.25. The molecule has 0 amide bonds. The summed E-state index contributed by atoms with van der Waals surface area (Å²) >= 11 is 1.79. The van der Waals surface area contributed by atoms with E-state index in [1.165, 1.54) is 9.71 Å². The third-order valence-electron chi connectivity index (χ3n) is 5.21. The quantitative estimate of drug-likeness (QED) is 0.487. The Hall–Kier alpha value is -2.57. The first-order chi connectivity index (χ1) is 13.3. The highest BCUT2D eigenvalue weighted by atomic mass is 32.1. The summed E-state index contributed by atoms with van der Waals surface area (Å²) in [4.78, 5) is 7.33. The number of benzene rings is 2. The summed E-state index contributed by atoms with van der Waals surface area (Å²) < 4.78 is 7.25. The van der Waals surface area contributed by atoms with Crippen LogP contribution < -0.4 is 0 Å². The lowest BCUT2D eigenvalue weighted by Gasteiger charge is -2.27.